The number of hydrogen-bond acceptors (Lipinski definition) is 6. The number of amides is 4. The normalized spacial score (nSPS) is 23.5. The van der Waals surface area contributed by atoms with Gasteiger partial charge in [-0.05, 0) is 54.8 Å². The summed E-state index contributed by atoms with van der Waals surface area (Å²) in [5, 5.41) is 9.31. The first-order valence-corrected chi connectivity index (χ1v) is 12.3. The molecule has 0 saturated carbocycles. The number of carboxylic acid groups (broad SMARTS) is 1. The summed E-state index contributed by atoms with van der Waals surface area (Å²) >= 11 is 0. The maximum Gasteiger partial charge on any atom is 0.407 e. The smallest absolute Gasteiger partial charge is 0.407 e. The van der Waals surface area contributed by atoms with Gasteiger partial charge in [-0.2, -0.15) is 0 Å². The van der Waals surface area contributed by atoms with E-state index >= 15 is 0 Å². The van der Waals surface area contributed by atoms with Gasteiger partial charge in [-0.1, -0.05) is 12.1 Å². The fourth-order valence-electron chi connectivity index (χ4n) is 5.36. The lowest BCUT2D eigenvalue weighted by Gasteiger charge is -2.35. The van der Waals surface area contributed by atoms with Gasteiger partial charge in [0, 0.05) is 31.0 Å². The molecule has 0 spiro atoms. The number of methoxy groups -OCH3 is 1. The largest absolute Gasteiger partial charge is 0.497 e. The number of rotatable bonds is 6. The number of fused-ring (bicyclic) bond motifs is 1. The van der Waals surface area contributed by atoms with Crippen molar-refractivity contribution in [1.29, 1.82) is 0 Å². The van der Waals surface area contributed by atoms with Crippen LogP contribution in [0, 0.1) is 0 Å². The van der Waals surface area contributed by atoms with Crippen molar-refractivity contribution in [2.75, 3.05) is 13.7 Å². The molecule has 10 heteroatoms. The minimum absolute atomic E-state index is 0.130. The lowest BCUT2D eigenvalue weighted by molar-refractivity contribution is -0.153. The highest BCUT2D eigenvalue weighted by Gasteiger charge is 2.43. The van der Waals surface area contributed by atoms with E-state index < -0.39 is 12.1 Å². The molecular weight excluding hydrogens is 478 g/mol. The molecule has 2 fully saturated rings. The minimum atomic E-state index is -0.967. The second kappa shape index (κ2) is 9.76. The van der Waals surface area contributed by atoms with Gasteiger partial charge in [0.25, 0.3) is 11.8 Å². The van der Waals surface area contributed by atoms with E-state index in [1.807, 2.05) is 19.1 Å². The van der Waals surface area contributed by atoms with Gasteiger partial charge >= 0.3 is 6.09 Å². The Labute approximate surface area is 214 Å². The quantitative estimate of drug-likeness (QED) is 0.598. The van der Waals surface area contributed by atoms with Crippen LogP contribution in [0.3, 0.4) is 0 Å². The molecule has 4 amide bonds. The number of piperidine rings is 1. The summed E-state index contributed by atoms with van der Waals surface area (Å²) in [6, 6.07) is 11.5. The maximum atomic E-state index is 13.4. The van der Waals surface area contributed by atoms with Gasteiger partial charge in [0.1, 0.15) is 23.6 Å². The number of imide groups is 1. The van der Waals surface area contributed by atoms with Crippen LogP contribution in [0.15, 0.2) is 42.5 Å². The Kier molecular flexibility index (Phi) is 6.49. The van der Waals surface area contributed by atoms with Crippen molar-refractivity contribution >= 4 is 23.8 Å². The van der Waals surface area contributed by atoms with Crippen molar-refractivity contribution < 1.29 is 33.8 Å². The molecule has 3 heterocycles. The molecule has 5 rings (SSSR count). The molecule has 1 N–H and O–H groups in total. The number of carbonyl (C=O) groups excluding carboxylic acids is 3. The third kappa shape index (κ3) is 4.71. The van der Waals surface area contributed by atoms with Gasteiger partial charge in [0.05, 0.1) is 20.2 Å². The summed E-state index contributed by atoms with van der Waals surface area (Å²) in [5.41, 5.74) is 2.05. The van der Waals surface area contributed by atoms with Crippen molar-refractivity contribution in [1.82, 2.24) is 14.7 Å². The van der Waals surface area contributed by atoms with E-state index in [1.54, 1.807) is 37.4 Å². The number of carbonyl (C=O) groups is 4. The van der Waals surface area contributed by atoms with Crippen molar-refractivity contribution in [3.63, 3.8) is 0 Å². The van der Waals surface area contributed by atoms with Crippen LogP contribution in [0.2, 0.25) is 0 Å². The van der Waals surface area contributed by atoms with Gasteiger partial charge in [-0.3, -0.25) is 19.3 Å². The summed E-state index contributed by atoms with van der Waals surface area (Å²) in [7, 11) is 1.57. The Bertz CT molecular complexity index is 1250. The molecule has 0 bridgehead atoms. The van der Waals surface area contributed by atoms with Crippen molar-refractivity contribution in [2.24, 2.45) is 0 Å². The average molecular weight is 508 g/mol. The zero-order chi connectivity index (χ0) is 26.3. The molecule has 3 aliphatic heterocycles. The Morgan fingerprint density at radius 2 is 1.81 bits per heavy atom. The fraction of sp³-hybridized carbons (Fsp3) is 0.407. The first kappa shape index (κ1) is 24.6. The predicted octanol–water partition coefficient (Wildman–Crippen LogP) is 2.89. The van der Waals surface area contributed by atoms with Crippen LogP contribution in [-0.4, -0.2) is 75.5 Å². The summed E-state index contributed by atoms with van der Waals surface area (Å²) in [5.74, 6) is 0.370. The Morgan fingerprint density at radius 1 is 1.08 bits per heavy atom. The standard InChI is InChI=1S/C27H29N3O7/c1-16-11-21(15-28(16)27(34)35)37-20-7-8-22-18(12-20)14-29(25(22)32)23-9-10-24(31)30(26(23)33)13-17-3-5-19(36-2)6-4-17/h3-8,12,16,21,23H,9-11,13-15H2,1-2H3,(H,34,35)/t16-,21+,23?/m1/s1. The van der Waals surface area contributed by atoms with E-state index in [-0.39, 0.29) is 62.3 Å². The monoisotopic (exact) mass is 507 g/mol. The van der Waals surface area contributed by atoms with Gasteiger partial charge in [0.15, 0.2) is 0 Å². The first-order chi connectivity index (χ1) is 17.7. The van der Waals surface area contributed by atoms with Gasteiger partial charge in [0.2, 0.25) is 5.91 Å². The highest BCUT2D eigenvalue weighted by Crippen LogP contribution is 2.33. The lowest BCUT2D eigenvalue weighted by Crippen LogP contribution is -2.54. The summed E-state index contributed by atoms with van der Waals surface area (Å²) in [4.78, 5) is 54.7. The zero-order valence-corrected chi connectivity index (χ0v) is 20.8. The van der Waals surface area contributed by atoms with Crippen molar-refractivity contribution in [3.8, 4) is 11.5 Å². The van der Waals surface area contributed by atoms with Crippen molar-refractivity contribution in [2.45, 2.75) is 57.5 Å². The number of benzene rings is 2. The van der Waals surface area contributed by atoms with Crippen LogP contribution in [0.5, 0.6) is 11.5 Å². The Hall–Kier alpha value is -4.08. The molecule has 0 aromatic heterocycles. The fourth-order valence-corrected chi connectivity index (χ4v) is 5.36. The van der Waals surface area contributed by atoms with Crippen LogP contribution in [-0.2, 0) is 22.7 Å². The molecule has 3 aliphatic rings. The summed E-state index contributed by atoms with van der Waals surface area (Å²) < 4.78 is 11.2. The zero-order valence-electron chi connectivity index (χ0n) is 20.8. The number of likely N-dealkylation sites (tertiary alicyclic amines) is 2. The first-order valence-electron chi connectivity index (χ1n) is 12.3. The molecule has 0 radical (unpaired) electrons. The van der Waals surface area contributed by atoms with Crippen LogP contribution in [0.25, 0.3) is 0 Å². The highest BCUT2D eigenvalue weighted by molar-refractivity contribution is 6.05. The molecule has 194 valence electrons. The Morgan fingerprint density at radius 3 is 2.49 bits per heavy atom. The SMILES string of the molecule is COc1ccc(CN2C(=O)CCC(N3Cc4cc(O[C@H]5C[C@@H](C)N(C(=O)O)C5)ccc4C3=O)C2=O)cc1. The molecule has 0 aliphatic carbocycles. The lowest BCUT2D eigenvalue weighted by atomic mass is 10.0. The molecule has 2 saturated heterocycles. The van der Waals surface area contributed by atoms with E-state index in [0.29, 0.717) is 23.5 Å². The molecule has 3 atom stereocenters. The predicted molar refractivity (Wildman–Crippen MR) is 131 cm³/mol. The van der Waals surface area contributed by atoms with E-state index in [4.69, 9.17) is 9.47 Å². The number of ether oxygens (including phenoxy) is 2. The summed E-state index contributed by atoms with van der Waals surface area (Å²) in [6.07, 6.45) is -0.185. The van der Waals surface area contributed by atoms with Crippen LogP contribution in [0.4, 0.5) is 4.79 Å². The molecule has 10 nitrogen and oxygen atoms in total. The van der Waals surface area contributed by atoms with E-state index in [0.717, 1.165) is 11.1 Å². The molecule has 37 heavy (non-hydrogen) atoms. The van der Waals surface area contributed by atoms with Gasteiger partial charge in [-0.15, -0.1) is 0 Å². The molecule has 2 aromatic rings. The topological polar surface area (TPSA) is 117 Å². The molecule has 2 aromatic carbocycles. The minimum Gasteiger partial charge on any atom is -0.497 e. The van der Waals surface area contributed by atoms with Crippen molar-refractivity contribution in [3.05, 3.63) is 59.2 Å². The maximum absolute atomic E-state index is 13.4. The van der Waals surface area contributed by atoms with Crippen LogP contribution >= 0.6 is 0 Å². The molecule has 1 unspecified atom stereocenters. The van der Waals surface area contributed by atoms with Crippen LogP contribution in [0.1, 0.15) is 47.7 Å². The second-order valence-corrected chi connectivity index (χ2v) is 9.73. The average Bonchev–Trinajstić information content (AvgIpc) is 3.41. The van der Waals surface area contributed by atoms with Gasteiger partial charge < -0.3 is 24.4 Å². The second-order valence-electron chi connectivity index (χ2n) is 9.73. The summed E-state index contributed by atoms with van der Waals surface area (Å²) in [6.45, 7) is 2.51. The third-order valence-corrected chi connectivity index (χ3v) is 7.35. The Balaban J connectivity index is 1.28. The highest BCUT2D eigenvalue weighted by atomic mass is 16.5. The van der Waals surface area contributed by atoms with E-state index in [2.05, 4.69) is 0 Å². The third-order valence-electron chi connectivity index (χ3n) is 7.35. The van der Waals surface area contributed by atoms with Gasteiger partial charge in [-0.25, -0.2) is 4.79 Å². The number of nitrogens with zero attached hydrogens (tertiary/aromatic N) is 3. The molecular formula is C27H29N3O7. The van der Waals surface area contributed by atoms with Crippen LogP contribution < -0.4 is 9.47 Å². The van der Waals surface area contributed by atoms with E-state index in [1.165, 1.54) is 14.7 Å². The number of hydrogen-bond donors (Lipinski definition) is 1. The van der Waals surface area contributed by atoms with E-state index in [9.17, 15) is 24.3 Å².